The van der Waals surface area contributed by atoms with Crippen molar-refractivity contribution >= 4 is 17.0 Å². The molecule has 1 aromatic heterocycles. The van der Waals surface area contributed by atoms with Crippen LogP contribution in [-0.4, -0.2) is 20.6 Å². The fourth-order valence-electron chi connectivity index (χ4n) is 2.35. The maximum absolute atomic E-state index is 11.6. The lowest BCUT2D eigenvalue weighted by atomic mass is 10.0. The number of carbonyl (C=O) groups is 1. The van der Waals surface area contributed by atoms with E-state index in [1.807, 2.05) is 0 Å². The molecule has 0 fully saturated rings. The lowest BCUT2D eigenvalue weighted by Gasteiger charge is -2.14. The Morgan fingerprint density at radius 3 is 3.00 bits per heavy atom. The Morgan fingerprint density at radius 2 is 2.25 bits per heavy atom. The molecule has 0 saturated heterocycles. The Bertz CT molecular complexity index is 651. The SMILES string of the molecule is O=C(O)c1cc2c3c(c1)[nH]c(=O)n3CCC2. The van der Waals surface area contributed by atoms with Crippen LogP contribution < -0.4 is 5.69 Å². The number of imidazole rings is 1. The molecule has 0 radical (unpaired) electrons. The standard InChI is InChI=1S/C11H10N2O3/c14-10(15)7-4-6-2-1-3-13-9(6)8(5-7)12-11(13)16/h4-5H,1-3H2,(H,12,16)(H,14,15). The Kier molecular flexibility index (Phi) is 1.71. The van der Waals surface area contributed by atoms with E-state index in [4.69, 9.17) is 5.11 Å². The normalized spacial score (nSPS) is 14.2. The van der Waals surface area contributed by atoms with Crippen molar-refractivity contribution in [2.45, 2.75) is 19.4 Å². The zero-order valence-corrected chi connectivity index (χ0v) is 8.49. The molecule has 5 heteroatoms. The molecule has 0 unspecified atom stereocenters. The smallest absolute Gasteiger partial charge is 0.335 e. The Balaban J connectivity index is 2.44. The number of aromatic carboxylic acids is 1. The highest BCUT2D eigenvalue weighted by atomic mass is 16.4. The molecule has 1 aromatic carbocycles. The fraction of sp³-hybridized carbons (Fsp3) is 0.273. The molecule has 0 bridgehead atoms. The molecule has 16 heavy (non-hydrogen) atoms. The van der Waals surface area contributed by atoms with Gasteiger partial charge in [-0.25, -0.2) is 9.59 Å². The topological polar surface area (TPSA) is 75.1 Å². The zero-order valence-electron chi connectivity index (χ0n) is 8.49. The minimum atomic E-state index is -0.961. The summed E-state index contributed by atoms with van der Waals surface area (Å²) in [6.45, 7) is 0.707. The van der Waals surface area contributed by atoms with E-state index in [0.29, 0.717) is 12.1 Å². The van der Waals surface area contributed by atoms with E-state index < -0.39 is 5.97 Å². The second kappa shape index (κ2) is 2.98. The third kappa shape index (κ3) is 1.11. The van der Waals surface area contributed by atoms with Crippen molar-refractivity contribution in [3.63, 3.8) is 0 Å². The molecule has 0 amide bonds. The van der Waals surface area contributed by atoms with Crippen molar-refractivity contribution in [3.8, 4) is 0 Å². The minimum Gasteiger partial charge on any atom is -0.478 e. The van der Waals surface area contributed by atoms with Crippen molar-refractivity contribution in [3.05, 3.63) is 33.7 Å². The number of hydrogen-bond acceptors (Lipinski definition) is 2. The van der Waals surface area contributed by atoms with Crippen LogP contribution >= 0.6 is 0 Å². The van der Waals surface area contributed by atoms with Crippen molar-refractivity contribution in [1.29, 1.82) is 0 Å². The number of carboxylic acids is 1. The Labute approximate surface area is 90.3 Å². The summed E-state index contributed by atoms with van der Waals surface area (Å²) >= 11 is 0. The van der Waals surface area contributed by atoms with Gasteiger partial charge in [-0.05, 0) is 30.5 Å². The number of benzene rings is 1. The van der Waals surface area contributed by atoms with Crippen LogP contribution in [-0.2, 0) is 13.0 Å². The number of aromatic nitrogens is 2. The molecule has 2 heterocycles. The number of nitrogens with one attached hydrogen (secondary N) is 1. The average Bonchev–Trinajstić information content (AvgIpc) is 2.58. The molecule has 1 aliphatic rings. The maximum atomic E-state index is 11.6. The zero-order chi connectivity index (χ0) is 11.3. The van der Waals surface area contributed by atoms with Gasteiger partial charge in [0.1, 0.15) is 0 Å². The molecule has 0 atom stereocenters. The number of carboxylic acid groups (broad SMARTS) is 1. The summed E-state index contributed by atoms with van der Waals surface area (Å²) in [5.41, 5.74) is 2.51. The van der Waals surface area contributed by atoms with E-state index in [9.17, 15) is 9.59 Å². The maximum Gasteiger partial charge on any atom is 0.335 e. The van der Waals surface area contributed by atoms with Crippen LogP contribution in [0.1, 0.15) is 22.3 Å². The molecule has 2 N–H and O–H groups in total. The van der Waals surface area contributed by atoms with Gasteiger partial charge in [0.05, 0.1) is 16.6 Å². The molecular weight excluding hydrogens is 208 g/mol. The van der Waals surface area contributed by atoms with Crippen LogP contribution in [0.2, 0.25) is 0 Å². The predicted octanol–water partition coefficient (Wildman–Crippen LogP) is 0.974. The third-order valence-corrected chi connectivity index (χ3v) is 3.02. The highest BCUT2D eigenvalue weighted by molar-refractivity contribution is 5.93. The van der Waals surface area contributed by atoms with Gasteiger partial charge in [-0.2, -0.15) is 0 Å². The highest BCUT2D eigenvalue weighted by Gasteiger charge is 2.18. The van der Waals surface area contributed by atoms with Gasteiger partial charge in [-0.1, -0.05) is 0 Å². The van der Waals surface area contributed by atoms with E-state index >= 15 is 0 Å². The van der Waals surface area contributed by atoms with Crippen LogP contribution in [0.3, 0.4) is 0 Å². The molecule has 0 aliphatic carbocycles. The highest BCUT2D eigenvalue weighted by Crippen LogP contribution is 2.24. The first-order valence-corrected chi connectivity index (χ1v) is 5.15. The van der Waals surface area contributed by atoms with Crippen LogP contribution in [0.5, 0.6) is 0 Å². The number of nitrogens with zero attached hydrogens (tertiary/aromatic N) is 1. The summed E-state index contributed by atoms with van der Waals surface area (Å²) in [6.07, 6.45) is 1.71. The van der Waals surface area contributed by atoms with Gasteiger partial charge in [-0.15, -0.1) is 0 Å². The average molecular weight is 218 g/mol. The van der Waals surface area contributed by atoms with Crippen LogP contribution in [0.15, 0.2) is 16.9 Å². The quantitative estimate of drug-likeness (QED) is 0.749. The van der Waals surface area contributed by atoms with Gasteiger partial charge in [0, 0.05) is 6.54 Å². The molecule has 0 spiro atoms. The third-order valence-electron chi connectivity index (χ3n) is 3.02. The van der Waals surface area contributed by atoms with Crippen LogP contribution in [0.4, 0.5) is 0 Å². The van der Waals surface area contributed by atoms with Gasteiger partial charge in [-0.3, -0.25) is 4.57 Å². The number of aromatic amines is 1. The second-order valence-corrected chi connectivity index (χ2v) is 4.02. The summed E-state index contributed by atoms with van der Waals surface area (Å²) in [7, 11) is 0. The van der Waals surface area contributed by atoms with E-state index in [1.54, 1.807) is 10.6 Å². The van der Waals surface area contributed by atoms with E-state index in [1.165, 1.54) is 6.07 Å². The summed E-state index contributed by atoms with van der Waals surface area (Å²) in [5.74, 6) is -0.961. The lowest BCUT2D eigenvalue weighted by Crippen LogP contribution is -2.20. The van der Waals surface area contributed by atoms with Gasteiger partial charge in [0.15, 0.2) is 0 Å². The first kappa shape index (κ1) is 9.21. The Morgan fingerprint density at radius 1 is 1.44 bits per heavy atom. The Hall–Kier alpha value is -2.04. The van der Waals surface area contributed by atoms with Crippen LogP contribution in [0, 0.1) is 0 Å². The minimum absolute atomic E-state index is 0.154. The van der Waals surface area contributed by atoms with Gasteiger partial charge >= 0.3 is 11.7 Å². The molecule has 5 nitrogen and oxygen atoms in total. The number of hydrogen-bond donors (Lipinski definition) is 2. The first-order valence-electron chi connectivity index (χ1n) is 5.15. The number of aryl methyl sites for hydroxylation is 2. The number of H-pyrrole nitrogens is 1. The first-order chi connectivity index (χ1) is 7.66. The predicted molar refractivity (Wildman–Crippen MR) is 57.8 cm³/mol. The largest absolute Gasteiger partial charge is 0.478 e. The lowest BCUT2D eigenvalue weighted by molar-refractivity contribution is 0.0697. The summed E-state index contributed by atoms with van der Waals surface area (Å²) in [6, 6.07) is 3.18. The molecule has 2 aromatic rings. The number of rotatable bonds is 1. The second-order valence-electron chi connectivity index (χ2n) is 4.02. The summed E-state index contributed by atoms with van der Waals surface area (Å²) < 4.78 is 1.68. The van der Waals surface area contributed by atoms with Crippen molar-refractivity contribution in [1.82, 2.24) is 9.55 Å². The van der Waals surface area contributed by atoms with Crippen molar-refractivity contribution in [2.24, 2.45) is 0 Å². The monoisotopic (exact) mass is 218 g/mol. The molecule has 1 aliphatic heterocycles. The molecule has 0 saturated carbocycles. The van der Waals surface area contributed by atoms with Crippen molar-refractivity contribution < 1.29 is 9.90 Å². The fourth-order valence-corrected chi connectivity index (χ4v) is 2.35. The molecule has 82 valence electrons. The van der Waals surface area contributed by atoms with Crippen LogP contribution in [0.25, 0.3) is 11.0 Å². The van der Waals surface area contributed by atoms with Gasteiger partial charge in [0.2, 0.25) is 0 Å². The van der Waals surface area contributed by atoms with Gasteiger partial charge < -0.3 is 10.1 Å². The van der Waals surface area contributed by atoms with Gasteiger partial charge in [0.25, 0.3) is 0 Å². The summed E-state index contributed by atoms with van der Waals surface area (Å²) in [5, 5.41) is 8.96. The molecule has 3 rings (SSSR count). The summed E-state index contributed by atoms with van der Waals surface area (Å²) in [4.78, 5) is 25.2. The van der Waals surface area contributed by atoms with E-state index in [0.717, 1.165) is 23.9 Å². The van der Waals surface area contributed by atoms with E-state index in [2.05, 4.69) is 4.98 Å². The molecular formula is C11H10N2O3. The van der Waals surface area contributed by atoms with Crippen molar-refractivity contribution in [2.75, 3.05) is 0 Å². The van der Waals surface area contributed by atoms with E-state index in [-0.39, 0.29) is 11.3 Å².